The molecule has 3 rings (SSSR count). The Morgan fingerprint density at radius 1 is 1.00 bits per heavy atom. The largest absolute Gasteiger partial charge is 0.497 e. The third-order valence-corrected chi connectivity index (χ3v) is 6.54. The van der Waals surface area contributed by atoms with Gasteiger partial charge in [0.05, 0.1) is 17.6 Å². The molecule has 0 aromatic heterocycles. The number of hydrogen-bond acceptors (Lipinski definition) is 4. The third-order valence-electron chi connectivity index (χ3n) is 4.64. The van der Waals surface area contributed by atoms with E-state index >= 15 is 0 Å². The first-order chi connectivity index (χ1) is 13.6. The van der Waals surface area contributed by atoms with Gasteiger partial charge in [0.25, 0.3) is 5.91 Å². The Morgan fingerprint density at radius 2 is 1.66 bits per heavy atom. The lowest BCUT2D eigenvalue weighted by Gasteiger charge is -2.34. The maximum atomic E-state index is 12.9. The summed E-state index contributed by atoms with van der Waals surface area (Å²) in [6.45, 7) is 0.255. The van der Waals surface area contributed by atoms with Crippen LogP contribution >= 0.6 is 0 Å². The Balaban J connectivity index is 1.72. The molecular weight excluding hydrogens is 409 g/mol. The molecule has 0 aliphatic carbocycles. The smallest absolute Gasteiger partial charge is 0.416 e. The first-order valence-electron chi connectivity index (χ1n) is 8.73. The van der Waals surface area contributed by atoms with E-state index in [2.05, 4.69) is 0 Å². The van der Waals surface area contributed by atoms with Crippen molar-refractivity contribution in [3.8, 4) is 5.75 Å². The summed E-state index contributed by atoms with van der Waals surface area (Å²) in [7, 11) is -2.61. The molecule has 1 aliphatic heterocycles. The zero-order chi connectivity index (χ0) is 21.2. The van der Waals surface area contributed by atoms with Crippen LogP contribution < -0.4 is 4.74 Å². The average Bonchev–Trinajstić information content (AvgIpc) is 2.73. The predicted octanol–water partition coefficient (Wildman–Crippen LogP) is 2.86. The van der Waals surface area contributed by atoms with Crippen LogP contribution in [0.2, 0.25) is 0 Å². The fourth-order valence-electron chi connectivity index (χ4n) is 3.05. The maximum absolute atomic E-state index is 12.9. The van der Waals surface area contributed by atoms with E-state index in [9.17, 15) is 26.4 Å². The van der Waals surface area contributed by atoms with Crippen molar-refractivity contribution in [3.05, 3.63) is 59.7 Å². The lowest BCUT2D eigenvalue weighted by molar-refractivity contribution is -0.137. The van der Waals surface area contributed by atoms with Crippen molar-refractivity contribution in [1.82, 2.24) is 9.21 Å². The number of carbonyl (C=O) groups excluding carboxylic acids is 1. The highest BCUT2D eigenvalue weighted by molar-refractivity contribution is 7.89. The van der Waals surface area contributed by atoms with E-state index in [1.54, 1.807) is 24.3 Å². The van der Waals surface area contributed by atoms with Crippen LogP contribution in [0, 0.1) is 0 Å². The number of alkyl halides is 3. The fourth-order valence-corrected chi connectivity index (χ4v) is 4.52. The van der Waals surface area contributed by atoms with Crippen LogP contribution in [0.1, 0.15) is 15.9 Å². The second kappa shape index (κ2) is 8.03. The highest BCUT2D eigenvalue weighted by atomic mass is 32.2. The van der Waals surface area contributed by atoms with Gasteiger partial charge in [-0.1, -0.05) is 12.1 Å². The molecule has 29 heavy (non-hydrogen) atoms. The number of rotatable bonds is 4. The monoisotopic (exact) mass is 428 g/mol. The summed E-state index contributed by atoms with van der Waals surface area (Å²) in [6, 6.07) is 10.3. The molecule has 10 heteroatoms. The zero-order valence-corrected chi connectivity index (χ0v) is 16.3. The number of methoxy groups -OCH3 is 1. The van der Waals surface area contributed by atoms with E-state index in [0.29, 0.717) is 17.4 Å². The van der Waals surface area contributed by atoms with Crippen LogP contribution in [0.15, 0.2) is 53.4 Å². The number of piperazine rings is 1. The Hall–Kier alpha value is -2.59. The highest BCUT2D eigenvalue weighted by Crippen LogP contribution is 2.31. The molecule has 0 N–H and O–H groups in total. The topological polar surface area (TPSA) is 66.9 Å². The van der Waals surface area contributed by atoms with Gasteiger partial charge in [-0.25, -0.2) is 8.42 Å². The van der Waals surface area contributed by atoms with E-state index in [0.717, 1.165) is 22.5 Å². The molecule has 1 aliphatic rings. The van der Waals surface area contributed by atoms with Crippen LogP contribution in [0.4, 0.5) is 13.2 Å². The number of halogens is 3. The molecule has 6 nitrogen and oxygen atoms in total. The summed E-state index contributed by atoms with van der Waals surface area (Å²) in [5, 5.41) is 0. The summed E-state index contributed by atoms with van der Waals surface area (Å²) in [6.07, 6.45) is -4.63. The van der Waals surface area contributed by atoms with Crippen molar-refractivity contribution in [2.45, 2.75) is 11.1 Å². The number of sulfonamides is 1. The number of ether oxygens (including phenoxy) is 1. The van der Waals surface area contributed by atoms with Gasteiger partial charge in [0, 0.05) is 31.7 Å². The second-order valence-corrected chi connectivity index (χ2v) is 8.39. The molecule has 156 valence electrons. The van der Waals surface area contributed by atoms with Crippen molar-refractivity contribution in [1.29, 1.82) is 0 Å². The fraction of sp³-hybridized carbons (Fsp3) is 0.316. The van der Waals surface area contributed by atoms with Gasteiger partial charge in [0.15, 0.2) is 0 Å². The van der Waals surface area contributed by atoms with Crippen molar-refractivity contribution in [2.75, 3.05) is 33.3 Å². The van der Waals surface area contributed by atoms with Gasteiger partial charge in [0.2, 0.25) is 10.0 Å². The molecule has 0 spiro atoms. The predicted molar refractivity (Wildman–Crippen MR) is 99.1 cm³/mol. The molecule has 2 aromatic rings. The van der Waals surface area contributed by atoms with Crippen LogP contribution in [0.3, 0.4) is 0 Å². The molecule has 1 saturated heterocycles. The molecule has 0 atom stereocenters. The molecule has 2 aromatic carbocycles. The van der Waals surface area contributed by atoms with E-state index in [-0.39, 0.29) is 32.1 Å². The molecule has 0 radical (unpaired) electrons. The highest BCUT2D eigenvalue weighted by Gasteiger charge is 2.34. The Morgan fingerprint density at radius 3 is 2.28 bits per heavy atom. The second-order valence-electron chi connectivity index (χ2n) is 6.45. The van der Waals surface area contributed by atoms with E-state index in [1.165, 1.54) is 12.0 Å². The van der Waals surface area contributed by atoms with Gasteiger partial charge >= 0.3 is 6.18 Å². The first kappa shape index (κ1) is 21.1. The van der Waals surface area contributed by atoms with Crippen molar-refractivity contribution in [3.63, 3.8) is 0 Å². The quantitative estimate of drug-likeness (QED) is 0.751. The van der Waals surface area contributed by atoms with Crippen molar-refractivity contribution in [2.24, 2.45) is 0 Å². The number of hydrogen-bond donors (Lipinski definition) is 0. The first-order valence-corrected chi connectivity index (χ1v) is 10.2. The number of amides is 1. The average molecular weight is 428 g/mol. The summed E-state index contributed by atoms with van der Waals surface area (Å²) in [5.41, 5.74) is -0.607. The van der Waals surface area contributed by atoms with Crippen molar-refractivity contribution >= 4 is 15.9 Å². The Labute approximate surface area is 166 Å². The molecule has 0 unspecified atom stereocenters. The van der Waals surface area contributed by atoms with Crippen molar-refractivity contribution < 1.29 is 31.1 Å². The minimum Gasteiger partial charge on any atom is -0.497 e. The minimum atomic E-state index is -4.63. The molecule has 1 amide bonds. The summed E-state index contributed by atoms with van der Waals surface area (Å²) in [4.78, 5) is 13.7. The third kappa shape index (κ3) is 4.54. The van der Waals surface area contributed by atoms with Crippen LogP contribution in [0.25, 0.3) is 0 Å². The van der Waals surface area contributed by atoms with Gasteiger partial charge in [-0.15, -0.1) is 0 Å². The molecule has 1 heterocycles. The molecule has 1 fully saturated rings. The summed E-state index contributed by atoms with van der Waals surface area (Å²) < 4.78 is 70.3. The molecule has 0 bridgehead atoms. The number of nitrogens with zero attached hydrogens (tertiary/aromatic N) is 2. The van der Waals surface area contributed by atoms with Crippen LogP contribution in [-0.2, 0) is 16.2 Å². The maximum Gasteiger partial charge on any atom is 0.416 e. The van der Waals surface area contributed by atoms with Crippen LogP contribution in [-0.4, -0.2) is 56.8 Å². The van der Waals surface area contributed by atoms with Gasteiger partial charge < -0.3 is 9.64 Å². The summed E-state index contributed by atoms with van der Waals surface area (Å²) >= 11 is 0. The zero-order valence-electron chi connectivity index (χ0n) is 15.5. The lowest BCUT2D eigenvalue weighted by atomic mass is 10.1. The normalized spacial score (nSPS) is 15.9. The van der Waals surface area contributed by atoms with E-state index in [1.807, 2.05) is 0 Å². The Kier molecular flexibility index (Phi) is 5.85. The molecular formula is C19H19F3N2O4S. The standard InChI is InChI=1S/C19H19F3N2O4S/c1-28-16-6-2-4-14(12-16)18(25)23-8-10-24(11-9-23)29(26,27)17-7-3-5-15(13-17)19(20,21)22/h2-7,12-13H,8-11H2,1H3. The summed E-state index contributed by atoms with van der Waals surface area (Å²) in [5.74, 6) is 0.265. The minimum absolute atomic E-state index is 0.00567. The van der Waals surface area contributed by atoms with Gasteiger partial charge in [-0.2, -0.15) is 17.5 Å². The van der Waals surface area contributed by atoms with E-state index in [4.69, 9.17) is 4.74 Å². The molecule has 0 saturated carbocycles. The Bertz CT molecular complexity index is 1000. The number of benzene rings is 2. The van der Waals surface area contributed by atoms with Crippen LogP contribution in [0.5, 0.6) is 5.75 Å². The van der Waals surface area contributed by atoms with Gasteiger partial charge in [-0.05, 0) is 36.4 Å². The number of carbonyl (C=O) groups is 1. The lowest BCUT2D eigenvalue weighted by Crippen LogP contribution is -2.50. The van der Waals surface area contributed by atoms with Gasteiger partial charge in [-0.3, -0.25) is 4.79 Å². The van der Waals surface area contributed by atoms with E-state index < -0.39 is 26.7 Å². The SMILES string of the molecule is COc1cccc(C(=O)N2CCN(S(=O)(=O)c3cccc(C(F)(F)F)c3)CC2)c1. The van der Waals surface area contributed by atoms with Gasteiger partial charge in [0.1, 0.15) is 5.75 Å².